The predicted octanol–water partition coefficient (Wildman–Crippen LogP) is 1.84. The Morgan fingerprint density at radius 1 is 1.10 bits per heavy atom. The average Bonchev–Trinajstić information content (AvgIpc) is 3.19. The van der Waals surface area contributed by atoms with Crippen LogP contribution in [0.5, 0.6) is 5.75 Å². The van der Waals surface area contributed by atoms with Crippen LogP contribution in [-0.2, 0) is 9.59 Å². The van der Waals surface area contributed by atoms with E-state index in [4.69, 9.17) is 4.74 Å². The van der Waals surface area contributed by atoms with Gasteiger partial charge in [-0.05, 0) is 37.1 Å². The van der Waals surface area contributed by atoms with E-state index in [0.29, 0.717) is 37.1 Å². The highest BCUT2D eigenvalue weighted by molar-refractivity contribution is 7.99. The molecule has 0 spiro atoms. The van der Waals surface area contributed by atoms with Gasteiger partial charge >= 0.3 is 0 Å². The van der Waals surface area contributed by atoms with Gasteiger partial charge in [0.15, 0.2) is 5.16 Å². The summed E-state index contributed by atoms with van der Waals surface area (Å²) >= 11 is 1.37. The number of hydrogen-bond acceptors (Lipinski definition) is 6. The molecular formula is C20H25N5O3S. The summed E-state index contributed by atoms with van der Waals surface area (Å²) in [7, 11) is 1.63. The van der Waals surface area contributed by atoms with Gasteiger partial charge in [-0.3, -0.25) is 14.2 Å². The van der Waals surface area contributed by atoms with Crippen molar-refractivity contribution in [1.29, 1.82) is 0 Å². The van der Waals surface area contributed by atoms with Crippen LogP contribution < -0.4 is 4.74 Å². The van der Waals surface area contributed by atoms with Crippen LogP contribution in [-0.4, -0.2) is 75.4 Å². The fourth-order valence-electron chi connectivity index (χ4n) is 3.55. The SMILES string of the molecule is COc1ccc(-n2cnnc2SCC(=O)N2CCN(C(=O)C3CCC3)CC2)cc1. The molecule has 1 aliphatic carbocycles. The summed E-state index contributed by atoms with van der Waals surface area (Å²) in [5, 5.41) is 8.80. The summed E-state index contributed by atoms with van der Waals surface area (Å²) < 4.78 is 7.04. The number of nitrogens with zero attached hydrogens (tertiary/aromatic N) is 5. The molecule has 4 rings (SSSR count). The number of thioether (sulfide) groups is 1. The molecule has 2 aliphatic rings. The number of rotatable bonds is 6. The number of carbonyl (C=O) groups is 2. The molecule has 1 aliphatic heterocycles. The zero-order valence-electron chi connectivity index (χ0n) is 16.5. The van der Waals surface area contributed by atoms with Gasteiger partial charge < -0.3 is 14.5 Å². The third-order valence-corrected chi connectivity index (χ3v) is 6.52. The second-order valence-corrected chi connectivity index (χ2v) is 8.25. The molecule has 1 saturated heterocycles. The van der Waals surface area contributed by atoms with E-state index in [0.717, 1.165) is 30.7 Å². The molecule has 2 amide bonds. The van der Waals surface area contributed by atoms with E-state index < -0.39 is 0 Å². The van der Waals surface area contributed by atoms with E-state index >= 15 is 0 Å². The fraction of sp³-hybridized carbons (Fsp3) is 0.500. The minimum atomic E-state index is 0.0648. The zero-order chi connectivity index (χ0) is 20.2. The Kier molecular flexibility index (Phi) is 6.03. The highest BCUT2D eigenvalue weighted by atomic mass is 32.2. The van der Waals surface area contributed by atoms with E-state index in [-0.39, 0.29) is 17.7 Å². The average molecular weight is 416 g/mol. The maximum absolute atomic E-state index is 12.6. The first-order chi connectivity index (χ1) is 14.2. The number of hydrogen-bond donors (Lipinski definition) is 0. The molecule has 1 aromatic heterocycles. The van der Waals surface area contributed by atoms with Crippen molar-refractivity contribution in [3.63, 3.8) is 0 Å². The highest BCUT2D eigenvalue weighted by Gasteiger charge is 2.32. The normalized spacial score (nSPS) is 17.1. The Balaban J connectivity index is 1.29. The van der Waals surface area contributed by atoms with Crippen LogP contribution in [0.15, 0.2) is 35.7 Å². The Bertz CT molecular complexity index is 857. The van der Waals surface area contributed by atoms with Gasteiger partial charge in [0, 0.05) is 37.8 Å². The van der Waals surface area contributed by atoms with Crippen LogP contribution >= 0.6 is 11.8 Å². The molecule has 1 aromatic carbocycles. The number of aromatic nitrogens is 3. The molecule has 9 heteroatoms. The Hall–Kier alpha value is -2.55. The van der Waals surface area contributed by atoms with Crippen molar-refractivity contribution in [3.05, 3.63) is 30.6 Å². The first-order valence-corrected chi connectivity index (χ1v) is 10.9. The summed E-state index contributed by atoms with van der Waals surface area (Å²) in [6.45, 7) is 2.47. The van der Waals surface area contributed by atoms with Crippen molar-refractivity contribution < 1.29 is 14.3 Å². The Morgan fingerprint density at radius 3 is 2.41 bits per heavy atom. The maximum atomic E-state index is 12.6. The number of carbonyl (C=O) groups excluding carboxylic acids is 2. The summed E-state index contributed by atoms with van der Waals surface area (Å²) in [5.41, 5.74) is 0.911. The van der Waals surface area contributed by atoms with Crippen molar-refractivity contribution in [2.75, 3.05) is 39.0 Å². The van der Waals surface area contributed by atoms with Crippen LogP contribution in [0.3, 0.4) is 0 Å². The topological polar surface area (TPSA) is 80.6 Å². The second kappa shape index (κ2) is 8.86. The van der Waals surface area contributed by atoms with E-state index in [1.807, 2.05) is 38.6 Å². The number of amides is 2. The lowest BCUT2D eigenvalue weighted by molar-refractivity contribution is -0.143. The first-order valence-electron chi connectivity index (χ1n) is 9.89. The van der Waals surface area contributed by atoms with Crippen molar-refractivity contribution in [2.45, 2.75) is 24.4 Å². The molecule has 2 fully saturated rings. The molecular weight excluding hydrogens is 390 g/mol. The molecule has 154 valence electrons. The Labute approximate surface area is 174 Å². The molecule has 0 radical (unpaired) electrons. The van der Waals surface area contributed by atoms with Crippen molar-refractivity contribution in [2.24, 2.45) is 5.92 Å². The minimum Gasteiger partial charge on any atom is -0.497 e. The summed E-state index contributed by atoms with van der Waals surface area (Å²) in [6, 6.07) is 7.59. The lowest BCUT2D eigenvalue weighted by atomic mass is 9.84. The van der Waals surface area contributed by atoms with Crippen molar-refractivity contribution >= 4 is 23.6 Å². The quantitative estimate of drug-likeness (QED) is 0.670. The Morgan fingerprint density at radius 2 is 1.79 bits per heavy atom. The van der Waals surface area contributed by atoms with Crippen LogP contribution in [0.4, 0.5) is 0 Å². The predicted molar refractivity (Wildman–Crippen MR) is 109 cm³/mol. The summed E-state index contributed by atoms with van der Waals surface area (Å²) in [5.74, 6) is 1.63. The largest absolute Gasteiger partial charge is 0.497 e. The van der Waals surface area contributed by atoms with Gasteiger partial charge in [-0.25, -0.2) is 0 Å². The number of ether oxygens (including phenoxy) is 1. The van der Waals surface area contributed by atoms with Gasteiger partial charge in [0.1, 0.15) is 12.1 Å². The summed E-state index contributed by atoms with van der Waals surface area (Å²) in [4.78, 5) is 28.7. The molecule has 1 saturated carbocycles. The molecule has 0 unspecified atom stereocenters. The van der Waals surface area contributed by atoms with Gasteiger partial charge in [0.25, 0.3) is 0 Å². The van der Waals surface area contributed by atoms with Crippen LogP contribution in [0, 0.1) is 5.92 Å². The lowest BCUT2D eigenvalue weighted by Gasteiger charge is -2.38. The maximum Gasteiger partial charge on any atom is 0.233 e. The third kappa shape index (κ3) is 4.39. The molecule has 29 heavy (non-hydrogen) atoms. The third-order valence-electron chi connectivity index (χ3n) is 5.59. The van der Waals surface area contributed by atoms with Crippen molar-refractivity contribution in [1.82, 2.24) is 24.6 Å². The van der Waals surface area contributed by atoms with E-state index in [2.05, 4.69) is 10.2 Å². The molecule has 0 atom stereocenters. The molecule has 2 heterocycles. The van der Waals surface area contributed by atoms with E-state index in [9.17, 15) is 9.59 Å². The molecule has 0 bridgehead atoms. The molecule has 8 nitrogen and oxygen atoms in total. The van der Waals surface area contributed by atoms with Gasteiger partial charge in [-0.2, -0.15) is 0 Å². The minimum absolute atomic E-state index is 0.0648. The summed E-state index contributed by atoms with van der Waals surface area (Å²) in [6.07, 6.45) is 4.83. The first kappa shape index (κ1) is 19.8. The van der Waals surface area contributed by atoms with Gasteiger partial charge in [0.2, 0.25) is 11.8 Å². The zero-order valence-corrected chi connectivity index (χ0v) is 17.3. The molecule has 2 aromatic rings. The highest BCUT2D eigenvalue weighted by Crippen LogP contribution is 2.28. The fourth-order valence-corrected chi connectivity index (χ4v) is 4.38. The van der Waals surface area contributed by atoms with Crippen LogP contribution in [0.2, 0.25) is 0 Å². The van der Waals surface area contributed by atoms with E-state index in [1.165, 1.54) is 11.8 Å². The number of piperazine rings is 1. The van der Waals surface area contributed by atoms with Gasteiger partial charge in [-0.15, -0.1) is 10.2 Å². The van der Waals surface area contributed by atoms with Gasteiger partial charge in [-0.1, -0.05) is 18.2 Å². The van der Waals surface area contributed by atoms with Crippen LogP contribution in [0.25, 0.3) is 5.69 Å². The second-order valence-electron chi connectivity index (χ2n) is 7.30. The molecule has 0 N–H and O–H groups in total. The monoisotopic (exact) mass is 415 g/mol. The van der Waals surface area contributed by atoms with Gasteiger partial charge in [0.05, 0.1) is 12.9 Å². The number of methoxy groups -OCH3 is 1. The number of benzene rings is 1. The van der Waals surface area contributed by atoms with Crippen LogP contribution in [0.1, 0.15) is 19.3 Å². The smallest absolute Gasteiger partial charge is 0.233 e. The standard InChI is InChI=1S/C20H25N5O3S/c1-28-17-7-5-16(6-8-17)25-14-21-22-20(25)29-13-18(26)23-9-11-24(12-10-23)19(27)15-3-2-4-15/h5-8,14-15H,2-4,9-13H2,1H3. The lowest BCUT2D eigenvalue weighted by Crippen LogP contribution is -2.53. The van der Waals surface area contributed by atoms with E-state index in [1.54, 1.807) is 13.4 Å². The van der Waals surface area contributed by atoms with Crippen molar-refractivity contribution in [3.8, 4) is 11.4 Å².